The Bertz CT molecular complexity index is 802. The highest BCUT2D eigenvalue weighted by Crippen LogP contribution is 2.44. The number of amides is 1. The number of benzene rings is 1. The summed E-state index contributed by atoms with van der Waals surface area (Å²) in [6.45, 7) is 9.38. The molecule has 1 aromatic carbocycles. The zero-order valence-electron chi connectivity index (χ0n) is 17.8. The molecule has 0 aliphatic carbocycles. The molecule has 1 spiro atoms. The first-order chi connectivity index (χ1) is 14.4. The number of carbonyl (C=O) groups is 2. The van der Waals surface area contributed by atoms with Crippen molar-refractivity contribution in [2.75, 3.05) is 46.4 Å². The molecular weight excluding hydrogens is 420 g/mol. The Labute approximate surface area is 178 Å². The first-order valence-electron chi connectivity index (χ1n) is 10.0. The van der Waals surface area contributed by atoms with Crippen molar-refractivity contribution in [1.82, 2.24) is 9.80 Å². The lowest BCUT2D eigenvalue weighted by Gasteiger charge is -2.30. The molecular formula is C21H28F4N2O4. The number of hydrogen-bond acceptors (Lipinski definition) is 4. The van der Waals surface area contributed by atoms with E-state index in [2.05, 4.69) is 11.8 Å². The van der Waals surface area contributed by atoms with E-state index in [0.29, 0.717) is 17.0 Å². The van der Waals surface area contributed by atoms with Crippen molar-refractivity contribution in [3.05, 3.63) is 35.1 Å². The molecule has 1 aromatic rings. The number of carbonyl (C=O) groups excluding carboxylic acids is 1. The number of carboxylic acids is 1. The summed E-state index contributed by atoms with van der Waals surface area (Å²) < 4.78 is 50.5. The van der Waals surface area contributed by atoms with E-state index >= 15 is 0 Å². The molecule has 0 bridgehead atoms. The Morgan fingerprint density at radius 1 is 1.29 bits per heavy atom. The Hall–Kier alpha value is -2.20. The fourth-order valence-corrected chi connectivity index (χ4v) is 4.38. The number of hydrogen-bond donors (Lipinski definition) is 1. The minimum absolute atomic E-state index is 0.0236. The van der Waals surface area contributed by atoms with Crippen LogP contribution in [0.3, 0.4) is 0 Å². The van der Waals surface area contributed by atoms with Crippen LogP contribution in [-0.4, -0.2) is 79.4 Å². The summed E-state index contributed by atoms with van der Waals surface area (Å²) in [6.07, 6.45) is -4.07. The second kappa shape index (κ2) is 9.95. The number of aryl methyl sites for hydroxylation is 1. The van der Waals surface area contributed by atoms with Gasteiger partial charge in [0.2, 0.25) is 0 Å². The zero-order chi connectivity index (χ0) is 23.4. The van der Waals surface area contributed by atoms with Gasteiger partial charge < -0.3 is 19.6 Å². The molecule has 1 amide bonds. The number of nitrogens with zero attached hydrogens (tertiary/aromatic N) is 2. The number of alkyl halides is 3. The van der Waals surface area contributed by atoms with Gasteiger partial charge >= 0.3 is 12.1 Å². The van der Waals surface area contributed by atoms with Crippen LogP contribution in [-0.2, 0) is 9.53 Å². The number of aliphatic carboxylic acids is 1. The second-order valence-electron chi connectivity index (χ2n) is 8.08. The third-order valence-electron chi connectivity index (χ3n) is 6.03. The molecule has 2 saturated heterocycles. The quantitative estimate of drug-likeness (QED) is 0.717. The first-order valence-corrected chi connectivity index (χ1v) is 10.0. The predicted octanol–water partition coefficient (Wildman–Crippen LogP) is 3.20. The molecule has 31 heavy (non-hydrogen) atoms. The minimum Gasteiger partial charge on any atom is -0.475 e. The smallest absolute Gasteiger partial charge is 0.475 e. The maximum absolute atomic E-state index is 13.3. The fourth-order valence-electron chi connectivity index (χ4n) is 4.38. The molecule has 0 saturated carbocycles. The summed E-state index contributed by atoms with van der Waals surface area (Å²) in [7, 11) is 1.75. The SMILES string of the molecule is CCN1C[C@@H](COC)[C@]2(CCN(C(=O)c3ccc(F)cc3C)C2)C1.O=C(O)C(F)(F)F. The van der Waals surface area contributed by atoms with Crippen LogP contribution in [0, 0.1) is 24.1 Å². The van der Waals surface area contributed by atoms with E-state index in [-0.39, 0.29) is 17.1 Å². The summed E-state index contributed by atoms with van der Waals surface area (Å²) in [4.78, 5) is 26.2. The molecule has 2 heterocycles. The van der Waals surface area contributed by atoms with Crippen LogP contribution in [0.5, 0.6) is 0 Å². The Balaban J connectivity index is 0.000000423. The van der Waals surface area contributed by atoms with Gasteiger partial charge in [0.05, 0.1) is 6.61 Å². The van der Waals surface area contributed by atoms with Gasteiger partial charge in [0.15, 0.2) is 0 Å². The number of likely N-dealkylation sites (tertiary alicyclic amines) is 2. The van der Waals surface area contributed by atoms with Gasteiger partial charge in [-0.2, -0.15) is 13.2 Å². The zero-order valence-corrected chi connectivity index (χ0v) is 17.8. The molecule has 0 radical (unpaired) electrons. The van der Waals surface area contributed by atoms with E-state index in [1.807, 2.05) is 4.90 Å². The van der Waals surface area contributed by atoms with Gasteiger partial charge in [-0.25, -0.2) is 9.18 Å². The average molecular weight is 448 g/mol. The van der Waals surface area contributed by atoms with Crippen molar-refractivity contribution in [3.63, 3.8) is 0 Å². The maximum atomic E-state index is 13.3. The van der Waals surface area contributed by atoms with Crippen LogP contribution in [0.4, 0.5) is 17.6 Å². The molecule has 0 aromatic heterocycles. The van der Waals surface area contributed by atoms with Crippen LogP contribution < -0.4 is 0 Å². The highest BCUT2D eigenvalue weighted by Gasteiger charge is 2.50. The number of carboxylic acid groups (broad SMARTS) is 1. The van der Waals surface area contributed by atoms with Crippen LogP contribution in [0.2, 0.25) is 0 Å². The van der Waals surface area contributed by atoms with Crippen LogP contribution in [0.25, 0.3) is 0 Å². The number of ether oxygens (including phenoxy) is 1. The van der Waals surface area contributed by atoms with Crippen molar-refractivity contribution in [2.45, 2.75) is 26.4 Å². The van der Waals surface area contributed by atoms with Gasteiger partial charge in [0.25, 0.3) is 5.91 Å². The lowest BCUT2D eigenvalue weighted by molar-refractivity contribution is -0.192. The fraction of sp³-hybridized carbons (Fsp3) is 0.619. The van der Waals surface area contributed by atoms with Crippen molar-refractivity contribution in [1.29, 1.82) is 0 Å². The van der Waals surface area contributed by atoms with Crippen LogP contribution in [0.15, 0.2) is 18.2 Å². The number of halogens is 4. The molecule has 2 aliphatic rings. The molecule has 1 N–H and O–H groups in total. The molecule has 2 aliphatic heterocycles. The first kappa shape index (κ1) is 25.1. The monoisotopic (exact) mass is 448 g/mol. The van der Waals surface area contributed by atoms with Gasteiger partial charge in [-0.1, -0.05) is 6.92 Å². The Morgan fingerprint density at radius 2 is 1.94 bits per heavy atom. The molecule has 174 valence electrons. The van der Waals surface area contributed by atoms with E-state index in [9.17, 15) is 22.4 Å². The van der Waals surface area contributed by atoms with E-state index in [0.717, 1.165) is 45.8 Å². The average Bonchev–Trinajstić information content (AvgIpc) is 3.26. The minimum atomic E-state index is -5.08. The molecule has 2 atom stereocenters. The molecule has 0 unspecified atom stereocenters. The summed E-state index contributed by atoms with van der Waals surface area (Å²) >= 11 is 0. The molecule has 6 nitrogen and oxygen atoms in total. The highest BCUT2D eigenvalue weighted by atomic mass is 19.4. The largest absolute Gasteiger partial charge is 0.490 e. The van der Waals surface area contributed by atoms with E-state index < -0.39 is 12.1 Å². The van der Waals surface area contributed by atoms with Crippen molar-refractivity contribution < 1.29 is 37.0 Å². The van der Waals surface area contributed by atoms with E-state index in [1.165, 1.54) is 12.1 Å². The summed E-state index contributed by atoms with van der Waals surface area (Å²) in [5.41, 5.74) is 1.45. The van der Waals surface area contributed by atoms with Gasteiger partial charge in [0.1, 0.15) is 5.82 Å². The second-order valence-corrected chi connectivity index (χ2v) is 8.08. The van der Waals surface area contributed by atoms with Crippen molar-refractivity contribution >= 4 is 11.9 Å². The third-order valence-corrected chi connectivity index (χ3v) is 6.03. The summed E-state index contributed by atoms with van der Waals surface area (Å²) in [5, 5.41) is 7.12. The number of rotatable bonds is 4. The van der Waals surface area contributed by atoms with Gasteiger partial charge in [-0.05, 0) is 43.7 Å². The summed E-state index contributed by atoms with van der Waals surface area (Å²) in [6, 6.07) is 4.41. The van der Waals surface area contributed by atoms with E-state index in [4.69, 9.17) is 14.6 Å². The normalized spacial score (nSPS) is 23.7. The lowest BCUT2D eigenvalue weighted by atomic mass is 9.77. The van der Waals surface area contributed by atoms with Crippen molar-refractivity contribution in [3.8, 4) is 0 Å². The molecule has 10 heteroatoms. The third kappa shape index (κ3) is 5.94. The van der Waals surface area contributed by atoms with Crippen LogP contribution >= 0.6 is 0 Å². The van der Waals surface area contributed by atoms with Gasteiger partial charge in [-0.15, -0.1) is 0 Å². The lowest BCUT2D eigenvalue weighted by Crippen LogP contribution is -2.38. The summed E-state index contributed by atoms with van der Waals surface area (Å²) in [5.74, 6) is -2.56. The predicted molar refractivity (Wildman–Crippen MR) is 105 cm³/mol. The Kier molecular flexibility index (Phi) is 8.04. The van der Waals surface area contributed by atoms with Gasteiger partial charge in [0, 0.05) is 50.2 Å². The standard InChI is InChI=1S/C19H27FN2O2.C2HF3O2/c1-4-21-10-15(11-24-3)19(12-21)7-8-22(13-19)18(23)17-6-5-16(20)9-14(17)2;3-2(4,5)1(6)7/h5-6,9,15H,4,7-8,10-13H2,1-3H3;(H,6,7)/t15-,19+;/m0./s1. The maximum Gasteiger partial charge on any atom is 0.490 e. The Morgan fingerprint density at radius 3 is 2.45 bits per heavy atom. The van der Waals surface area contributed by atoms with Gasteiger partial charge in [-0.3, -0.25) is 4.79 Å². The topological polar surface area (TPSA) is 70.1 Å². The molecule has 2 fully saturated rings. The highest BCUT2D eigenvalue weighted by molar-refractivity contribution is 5.95. The van der Waals surface area contributed by atoms with E-state index in [1.54, 1.807) is 20.1 Å². The molecule has 3 rings (SSSR count). The number of methoxy groups -OCH3 is 1. The van der Waals surface area contributed by atoms with Crippen LogP contribution in [0.1, 0.15) is 29.3 Å². The van der Waals surface area contributed by atoms with Crippen molar-refractivity contribution in [2.24, 2.45) is 11.3 Å².